The predicted molar refractivity (Wildman–Crippen MR) is 127 cm³/mol. The molecule has 0 radical (unpaired) electrons. The van der Waals surface area contributed by atoms with Gasteiger partial charge >= 0.3 is 6.03 Å². The zero-order valence-corrected chi connectivity index (χ0v) is 19.7. The van der Waals surface area contributed by atoms with Gasteiger partial charge in [0, 0.05) is 35.2 Å². The number of amides is 2. The van der Waals surface area contributed by atoms with E-state index in [0.717, 1.165) is 27.6 Å². The number of oxazole rings is 1. The molecular formula is C25H28ClN3O4. The van der Waals surface area contributed by atoms with Crippen molar-refractivity contribution in [2.45, 2.75) is 38.6 Å². The molecule has 1 fully saturated rings. The van der Waals surface area contributed by atoms with Crippen LogP contribution in [-0.4, -0.2) is 52.4 Å². The van der Waals surface area contributed by atoms with Crippen LogP contribution in [-0.2, 0) is 0 Å². The summed E-state index contributed by atoms with van der Waals surface area (Å²) < 4.78 is 11.6. The maximum absolute atomic E-state index is 12.4. The van der Waals surface area contributed by atoms with Crippen LogP contribution >= 0.6 is 11.6 Å². The van der Waals surface area contributed by atoms with E-state index < -0.39 is 0 Å². The fourth-order valence-corrected chi connectivity index (χ4v) is 4.06. The van der Waals surface area contributed by atoms with Crippen LogP contribution in [0, 0.1) is 0 Å². The number of aromatic nitrogens is 1. The Morgan fingerprint density at radius 3 is 2.30 bits per heavy atom. The highest BCUT2D eigenvalue weighted by molar-refractivity contribution is 6.30. The number of piperidine rings is 1. The van der Waals surface area contributed by atoms with Gasteiger partial charge in [-0.25, -0.2) is 14.8 Å². The number of rotatable bonds is 5. The lowest BCUT2D eigenvalue weighted by Gasteiger charge is -2.33. The molecule has 0 bridgehead atoms. The van der Waals surface area contributed by atoms with Gasteiger partial charge in [-0.2, -0.15) is 0 Å². The van der Waals surface area contributed by atoms with Gasteiger partial charge in [0.2, 0.25) is 0 Å². The molecule has 1 aliphatic rings. The Bertz CT molecular complexity index is 1090. The fourth-order valence-electron chi connectivity index (χ4n) is 3.94. The van der Waals surface area contributed by atoms with Gasteiger partial charge in [0.1, 0.15) is 11.4 Å². The minimum Gasteiger partial charge on any atom is -0.497 e. The predicted octanol–water partition coefficient (Wildman–Crippen LogP) is 6.07. The van der Waals surface area contributed by atoms with Crippen LogP contribution in [0.1, 0.15) is 38.5 Å². The minimum absolute atomic E-state index is 0.0818. The van der Waals surface area contributed by atoms with Gasteiger partial charge < -0.3 is 14.1 Å². The molecule has 1 aromatic heterocycles. The second-order valence-corrected chi connectivity index (χ2v) is 8.88. The summed E-state index contributed by atoms with van der Waals surface area (Å²) in [5.41, 5.74) is 2.58. The number of likely N-dealkylation sites (tertiary alicyclic amines) is 1. The first kappa shape index (κ1) is 23.1. The van der Waals surface area contributed by atoms with Crippen LogP contribution in [0.2, 0.25) is 5.02 Å². The van der Waals surface area contributed by atoms with Crippen molar-refractivity contribution in [3.8, 4) is 28.3 Å². The number of hydroxylamine groups is 2. The Morgan fingerprint density at radius 2 is 1.73 bits per heavy atom. The molecule has 33 heavy (non-hydrogen) atoms. The number of hydrogen-bond donors (Lipinski definition) is 1. The minimum atomic E-state index is -0.364. The number of methoxy groups -OCH3 is 1. The van der Waals surface area contributed by atoms with Crippen LogP contribution < -0.4 is 4.74 Å². The summed E-state index contributed by atoms with van der Waals surface area (Å²) in [4.78, 5) is 19.0. The molecule has 0 saturated carbocycles. The Hall–Kier alpha value is -3.03. The van der Waals surface area contributed by atoms with E-state index in [1.54, 1.807) is 25.9 Å². The second-order valence-electron chi connectivity index (χ2n) is 8.45. The van der Waals surface area contributed by atoms with E-state index in [0.29, 0.717) is 42.6 Å². The van der Waals surface area contributed by atoms with Crippen molar-refractivity contribution in [3.63, 3.8) is 0 Å². The first-order chi connectivity index (χ1) is 15.9. The molecule has 0 atom stereocenters. The van der Waals surface area contributed by atoms with E-state index >= 15 is 0 Å². The number of carbonyl (C=O) groups excluding carboxylic acids is 1. The largest absolute Gasteiger partial charge is 0.497 e. The maximum Gasteiger partial charge on any atom is 0.343 e. The van der Waals surface area contributed by atoms with Gasteiger partial charge in [0.15, 0.2) is 11.7 Å². The summed E-state index contributed by atoms with van der Waals surface area (Å²) in [7, 11) is 1.63. The van der Waals surface area contributed by atoms with Gasteiger partial charge in [0.25, 0.3) is 0 Å². The summed E-state index contributed by atoms with van der Waals surface area (Å²) in [6.07, 6.45) is 1.42. The molecule has 0 unspecified atom stereocenters. The van der Waals surface area contributed by atoms with Crippen molar-refractivity contribution >= 4 is 17.6 Å². The van der Waals surface area contributed by atoms with Crippen LogP contribution in [0.25, 0.3) is 22.6 Å². The van der Waals surface area contributed by atoms with Crippen molar-refractivity contribution in [2.75, 3.05) is 20.2 Å². The quantitative estimate of drug-likeness (QED) is 0.362. The first-order valence-electron chi connectivity index (χ1n) is 11.1. The Morgan fingerprint density at radius 1 is 1.12 bits per heavy atom. The molecule has 2 amide bonds. The third-order valence-corrected chi connectivity index (χ3v) is 6.17. The average Bonchev–Trinajstić information content (AvgIpc) is 3.29. The number of nitrogens with zero attached hydrogens (tertiary/aromatic N) is 3. The molecule has 0 aliphatic carbocycles. The van der Waals surface area contributed by atoms with Gasteiger partial charge in [0.05, 0.1) is 13.2 Å². The molecule has 7 nitrogen and oxygen atoms in total. The molecule has 1 aliphatic heterocycles. The van der Waals surface area contributed by atoms with Crippen LogP contribution in [0.4, 0.5) is 4.79 Å². The van der Waals surface area contributed by atoms with Gasteiger partial charge in [-0.15, -0.1) is 0 Å². The third kappa shape index (κ3) is 4.99. The van der Waals surface area contributed by atoms with Gasteiger partial charge in [-0.3, -0.25) is 5.21 Å². The molecule has 8 heteroatoms. The molecule has 4 rings (SSSR count). The third-order valence-electron chi connectivity index (χ3n) is 5.91. The standard InChI is InChI=1S/C25H28ClN3O4/c1-16(2)29(31)25(30)28-14-12-19(13-15-28)24-27-22(17-4-8-20(26)9-5-17)23(33-24)18-6-10-21(32-3)11-7-18/h4-11,16,19,31H,12-15H2,1-3H3. The lowest BCUT2D eigenvalue weighted by Crippen LogP contribution is -2.47. The summed E-state index contributed by atoms with van der Waals surface area (Å²) in [6, 6.07) is 14.6. The Labute approximate surface area is 198 Å². The lowest BCUT2D eigenvalue weighted by atomic mass is 9.97. The van der Waals surface area contributed by atoms with E-state index in [1.807, 2.05) is 48.5 Å². The highest BCUT2D eigenvalue weighted by Gasteiger charge is 2.31. The van der Waals surface area contributed by atoms with E-state index in [1.165, 1.54) is 0 Å². The van der Waals surface area contributed by atoms with Crippen molar-refractivity contribution < 1.29 is 19.2 Å². The van der Waals surface area contributed by atoms with E-state index in [2.05, 4.69) is 0 Å². The SMILES string of the molecule is COc1ccc(-c2oc(C3CCN(C(=O)N(O)C(C)C)CC3)nc2-c2ccc(Cl)cc2)cc1. The topological polar surface area (TPSA) is 79.0 Å². The number of halogens is 1. The van der Waals surface area contributed by atoms with Crippen molar-refractivity contribution in [3.05, 3.63) is 59.4 Å². The number of urea groups is 1. The number of ether oxygens (including phenoxy) is 1. The average molecular weight is 470 g/mol. The van der Waals surface area contributed by atoms with Gasteiger partial charge in [-0.05, 0) is 63.1 Å². The van der Waals surface area contributed by atoms with Crippen LogP contribution in [0.15, 0.2) is 52.9 Å². The highest BCUT2D eigenvalue weighted by Crippen LogP contribution is 2.38. The summed E-state index contributed by atoms with van der Waals surface area (Å²) in [5.74, 6) is 2.19. The molecule has 2 heterocycles. The van der Waals surface area contributed by atoms with Crippen molar-refractivity contribution in [1.82, 2.24) is 14.9 Å². The Kier molecular flexibility index (Phi) is 6.91. The summed E-state index contributed by atoms with van der Waals surface area (Å²) >= 11 is 6.09. The van der Waals surface area contributed by atoms with Crippen molar-refractivity contribution in [1.29, 1.82) is 0 Å². The molecule has 174 valence electrons. The van der Waals surface area contributed by atoms with Crippen LogP contribution in [0.3, 0.4) is 0 Å². The van der Waals surface area contributed by atoms with Crippen molar-refractivity contribution in [2.24, 2.45) is 0 Å². The molecule has 1 N–H and O–H groups in total. The van der Waals surface area contributed by atoms with Gasteiger partial charge in [-0.1, -0.05) is 23.7 Å². The summed E-state index contributed by atoms with van der Waals surface area (Å²) in [6.45, 7) is 4.61. The smallest absolute Gasteiger partial charge is 0.343 e. The molecule has 3 aromatic rings. The monoisotopic (exact) mass is 469 g/mol. The Balaban J connectivity index is 1.60. The zero-order chi connectivity index (χ0) is 23.5. The molecular weight excluding hydrogens is 442 g/mol. The van der Waals surface area contributed by atoms with E-state index in [-0.39, 0.29) is 18.0 Å². The number of carbonyl (C=O) groups is 1. The second kappa shape index (κ2) is 9.85. The number of hydrogen-bond acceptors (Lipinski definition) is 5. The van der Waals surface area contributed by atoms with E-state index in [4.69, 9.17) is 25.7 Å². The van der Waals surface area contributed by atoms with Crippen LogP contribution in [0.5, 0.6) is 5.75 Å². The maximum atomic E-state index is 12.4. The number of benzene rings is 2. The first-order valence-corrected chi connectivity index (χ1v) is 11.4. The zero-order valence-electron chi connectivity index (χ0n) is 19.0. The highest BCUT2D eigenvalue weighted by atomic mass is 35.5. The molecule has 0 spiro atoms. The summed E-state index contributed by atoms with van der Waals surface area (Å²) in [5, 5.41) is 11.4. The molecule has 2 aromatic carbocycles. The molecule has 1 saturated heterocycles. The fraction of sp³-hybridized carbons (Fsp3) is 0.360. The normalized spacial score (nSPS) is 14.5. The lowest BCUT2D eigenvalue weighted by molar-refractivity contribution is -0.0815. The van der Waals surface area contributed by atoms with E-state index in [9.17, 15) is 10.0 Å².